The Morgan fingerprint density at radius 1 is 1.26 bits per heavy atom. The van der Waals surface area contributed by atoms with E-state index in [9.17, 15) is 0 Å². The summed E-state index contributed by atoms with van der Waals surface area (Å²) in [5, 5.41) is 4.10. The number of hydrogen-bond donors (Lipinski definition) is 1. The van der Waals surface area contributed by atoms with Gasteiger partial charge in [0.05, 0.1) is 11.3 Å². The first-order valence-electron chi connectivity index (χ1n) is 7.49. The maximum Gasteiger partial charge on any atom is 0.237 e. The lowest BCUT2D eigenvalue weighted by atomic mass is 9.99. The van der Waals surface area contributed by atoms with Crippen molar-refractivity contribution < 1.29 is 4.52 Å². The molecule has 1 aliphatic carbocycles. The minimum absolute atomic E-state index is 0. The van der Waals surface area contributed by atoms with E-state index in [1.54, 1.807) is 11.8 Å². The molecule has 1 aromatic heterocycles. The highest BCUT2D eigenvalue weighted by atomic mass is 79.9. The maximum absolute atomic E-state index is 6.36. The molecule has 1 heterocycles. The van der Waals surface area contributed by atoms with Crippen molar-refractivity contribution in [3.63, 3.8) is 0 Å². The van der Waals surface area contributed by atoms with Gasteiger partial charge in [0.2, 0.25) is 5.89 Å². The highest BCUT2D eigenvalue weighted by Crippen LogP contribution is 2.35. The van der Waals surface area contributed by atoms with E-state index in [2.05, 4.69) is 52.1 Å². The third-order valence-electron chi connectivity index (χ3n) is 4.22. The van der Waals surface area contributed by atoms with Crippen LogP contribution in [0.5, 0.6) is 0 Å². The predicted molar refractivity (Wildman–Crippen MR) is 99.1 cm³/mol. The van der Waals surface area contributed by atoms with E-state index in [1.165, 1.54) is 16.0 Å². The van der Waals surface area contributed by atoms with Crippen LogP contribution in [0.15, 0.2) is 26.0 Å². The third kappa shape index (κ3) is 4.10. The van der Waals surface area contributed by atoms with Crippen molar-refractivity contribution in [1.29, 1.82) is 0 Å². The molecular weight excluding hydrogens is 398 g/mol. The van der Waals surface area contributed by atoms with Crippen molar-refractivity contribution in [2.45, 2.75) is 55.7 Å². The predicted octanol–water partition coefficient (Wildman–Crippen LogP) is 4.89. The van der Waals surface area contributed by atoms with Gasteiger partial charge in [0.15, 0.2) is 5.82 Å². The molecular formula is C16H21BrClN3OS. The summed E-state index contributed by atoms with van der Waals surface area (Å²) in [5.41, 5.74) is 8.46. The summed E-state index contributed by atoms with van der Waals surface area (Å²) in [6, 6.07) is 4.33. The largest absolute Gasteiger partial charge is 0.338 e. The van der Waals surface area contributed by atoms with E-state index in [0.29, 0.717) is 17.5 Å². The lowest BCUT2D eigenvalue weighted by Crippen LogP contribution is -2.34. The zero-order chi connectivity index (χ0) is 15.7. The molecule has 0 aliphatic heterocycles. The van der Waals surface area contributed by atoms with Crippen molar-refractivity contribution in [2.24, 2.45) is 5.73 Å². The number of halogens is 2. The first-order chi connectivity index (χ1) is 10.5. The molecule has 0 amide bonds. The molecule has 1 saturated carbocycles. The fraction of sp³-hybridized carbons (Fsp3) is 0.500. The minimum atomic E-state index is -0.378. The lowest BCUT2D eigenvalue weighted by Gasteiger charge is -2.17. The lowest BCUT2D eigenvalue weighted by molar-refractivity contribution is 0.355. The van der Waals surface area contributed by atoms with E-state index in [1.807, 2.05) is 0 Å². The molecule has 0 saturated heterocycles. The summed E-state index contributed by atoms with van der Waals surface area (Å²) in [5.74, 6) is 1.99. The molecule has 126 valence electrons. The van der Waals surface area contributed by atoms with E-state index >= 15 is 0 Å². The van der Waals surface area contributed by atoms with Crippen LogP contribution in [0.2, 0.25) is 0 Å². The Morgan fingerprint density at radius 3 is 2.65 bits per heavy atom. The smallest absolute Gasteiger partial charge is 0.237 e. The molecule has 0 spiro atoms. The molecule has 0 radical (unpaired) electrons. The van der Waals surface area contributed by atoms with Crippen molar-refractivity contribution in [3.05, 3.63) is 39.4 Å². The molecule has 1 aliphatic rings. The topological polar surface area (TPSA) is 64.9 Å². The molecule has 2 aromatic rings. The average Bonchev–Trinajstić information content (AvgIpc) is 3.11. The van der Waals surface area contributed by atoms with Gasteiger partial charge in [-0.1, -0.05) is 33.9 Å². The molecule has 0 bridgehead atoms. The average molecular weight is 419 g/mol. The van der Waals surface area contributed by atoms with Gasteiger partial charge in [-0.3, -0.25) is 0 Å². The summed E-state index contributed by atoms with van der Waals surface area (Å²) >= 11 is 5.28. The first-order valence-corrected chi connectivity index (χ1v) is 9.27. The normalized spacial score (nSPS) is 16.3. The van der Waals surface area contributed by atoms with Crippen molar-refractivity contribution in [2.75, 3.05) is 0 Å². The summed E-state index contributed by atoms with van der Waals surface area (Å²) in [4.78, 5) is 5.76. The molecule has 1 aromatic carbocycles. The van der Waals surface area contributed by atoms with E-state index in [-0.39, 0.29) is 17.9 Å². The van der Waals surface area contributed by atoms with Crippen molar-refractivity contribution >= 4 is 40.1 Å². The van der Waals surface area contributed by atoms with Crippen LogP contribution in [0.4, 0.5) is 0 Å². The molecule has 23 heavy (non-hydrogen) atoms. The summed E-state index contributed by atoms with van der Waals surface area (Å²) in [6.45, 7) is 4.20. The van der Waals surface area contributed by atoms with E-state index < -0.39 is 0 Å². The van der Waals surface area contributed by atoms with Gasteiger partial charge in [0.1, 0.15) is 0 Å². The van der Waals surface area contributed by atoms with Gasteiger partial charge in [0.25, 0.3) is 0 Å². The van der Waals surface area contributed by atoms with Crippen LogP contribution in [0.1, 0.15) is 48.5 Å². The van der Waals surface area contributed by atoms with Crippen LogP contribution in [0.25, 0.3) is 0 Å². The SMILES string of the molecule is Cc1cc(SCc2nc(C3(N)CCCC3)no2)c(C)cc1Br.Cl. The Labute approximate surface area is 155 Å². The Hall–Kier alpha value is -0.560. The highest BCUT2D eigenvalue weighted by molar-refractivity contribution is 9.10. The highest BCUT2D eigenvalue weighted by Gasteiger charge is 2.35. The minimum Gasteiger partial charge on any atom is -0.338 e. The summed E-state index contributed by atoms with van der Waals surface area (Å²) in [6.07, 6.45) is 4.19. The number of nitrogens with two attached hydrogens (primary N) is 1. The van der Waals surface area contributed by atoms with Crippen molar-refractivity contribution in [1.82, 2.24) is 10.1 Å². The van der Waals surface area contributed by atoms with Gasteiger partial charge in [-0.25, -0.2) is 0 Å². The first kappa shape index (κ1) is 18.8. The maximum atomic E-state index is 6.36. The van der Waals surface area contributed by atoms with Crippen LogP contribution in [-0.4, -0.2) is 10.1 Å². The zero-order valence-corrected chi connectivity index (χ0v) is 16.5. The van der Waals surface area contributed by atoms with Crippen LogP contribution in [0, 0.1) is 13.8 Å². The standard InChI is InChI=1S/C16H20BrN3OS.ClH/c1-10-8-13(11(2)7-12(10)17)22-9-14-19-15(20-21-14)16(18)5-3-4-6-16;/h7-8H,3-6,9,18H2,1-2H3;1H. The fourth-order valence-corrected chi connectivity index (χ4v) is 4.20. The van der Waals surface area contributed by atoms with Gasteiger partial charge in [0, 0.05) is 9.37 Å². The molecule has 3 rings (SSSR count). The number of aromatic nitrogens is 2. The number of nitrogens with zero attached hydrogens (tertiary/aromatic N) is 2. The molecule has 0 atom stereocenters. The molecule has 7 heteroatoms. The molecule has 0 unspecified atom stereocenters. The van der Waals surface area contributed by atoms with Crippen LogP contribution >= 0.6 is 40.1 Å². The number of benzene rings is 1. The molecule has 4 nitrogen and oxygen atoms in total. The monoisotopic (exact) mass is 417 g/mol. The molecule has 2 N–H and O–H groups in total. The third-order valence-corrected chi connectivity index (χ3v) is 6.21. The number of rotatable bonds is 4. The Kier molecular flexibility index (Phi) is 6.16. The van der Waals surface area contributed by atoms with Gasteiger partial charge in [-0.2, -0.15) is 4.98 Å². The number of thioether (sulfide) groups is 1. The Morgan fingerprint density at radius 2 is 1.96 bits per heavy atom. The quantitative estimate of drug-likeness (QED) is 0.716. The fourth-order valence-electron chi connectivity index (χ4n) is 2.79. The van der Waals surface area contributed by atoms with Gasteiger partial charge < -0.3 is 10.3 Å². The number of aryl methyl sites for hydroxylation is 2. The van der Waals surface area contributed by atoms with Crippen molar-refractivity contribution in [3.8, 4) is 0 Å². The van der Waals surface area contributed by atoms with E-state index in [4.69, 9.17) is 10.3 Å². The second-order valence-electron chi connectivity index (χ2n) is 6.03. The van der Waals surface area contributed by atoms with Crippen LogP contribution in [-0.2, 0) is 11.3 Å². The Bertz CT molecular complexity index is 686. The summed E-state index contributed by atoms with van der Waals surface area (Å²) < 4.78 is 6.53. The summed E-state index contributed by atoms with van der Waals surface area (Å²) in [7, 11) is 0. The zero-order valence-electron chi connectivity index (χ0n) is 13.3. The van der Waals surface area contributed by atoms with Gasteiger partial charge in [-0.05, 0) is 49.9 Å². The van der Waals surface area contributed by atoms with E-state index in [0.717, 1.165) is 30.2 Å². The Balaban J connectivity index is 0.00000192. The number of hydrogen-bond acceptors (Lipinski definition) is 5. The van der Waals surface area contributed by atoms with Gasteiger partial charge >= 0.3 is 0 Å². The van der Waals surface area contributed by atoms with Gasteiger partial charge in [-0.15, -0.1) is 24.2 Å². The second kappa shape index (κ2) is 7.55. The van der Waals surface area contributed by atoms with Crippen LogP contribution < -0.4 is 5.73 Å². The molecule has 1 fully saturated rings. The second-order valence-corrected chi connectivity index (χ2v) is 7.90. The van der Waals surface area contributed by atoms with Crippen LogP contribution in [0.3, 0.4) is 0 Å².